The van der Waals surface area contributed by atoms with Gasteiger partial charge in [-0.05, 0) is 61.7 Å². The molecule has 1 N–H and O–H groups in total. The van der Waals surface area contributed by atoms with Crippen LogP contribution in [0.2, 0.25) is 10.0 Å². The van der Waals surface area contributed by atoms with Gasteiger partial charge in [0.15, 0.2) is 0 Å². The Morgan fingerprint density at radius 2 is 1.49 bits per heavy atom. The average Bonchev–Trinajstić information content (AvgIpc) is 3.57. The van der Waals surface area contributed by atoms with Crippen molar-refractivity contribution in [3.8, 4) is 0 Å². The predicted molar refractivity (Wildman–Crippen MR) is 183 cm³/mol. The van der Waals surface area contributed by atoms with Crippen molar-refractivity contribution >= 4 is 50.7 Å². The minimum absolute atomic E-state index is 0.0431. The molecule has 0 bridgehead atoms. The number of amides is 2. The number of nitrogens with zero attached hydrogens (tertiary/aromatic N) is 2. The van der Waals surface area contributed by atoms with Crippen LogP contribution in [0.4, 0.5) is 10.1 Å². The second-order valence-electron chi connectivity index (χ2n) is 11.7. The normalized spacial score (nSPS) is 14.0. The maximum atomic E-state index is 15.3. The summed E-state index contributed by atoms with van der Waals surface area (Å²) in [5.41, 5.74) is 1.72. The number of benzene rings is 4. The summed E-state index contributed by atoms with van der Waals surface area (Å²) in [6, 6.07) is 24.5. The van der Waals surface area contributed by atoms with Crippen molar-refractivity contribution < 1.29 is 22.4 Å². The number of carbonyl (C=O) groups is 2. The lowest BCUT2D eigenvalue weighted by molar-refractivity contribution is -0.140. The Bertz CT molecular complexity index is 1800. The summed E-state index contributed by atoms with van der Waals surface area (Å²) in [6.45, 7) is 0.833. The highest BCUT2D eigenvalue weighted by molar-refractivity contribution is 7.92. The number of halogens is 3. The van der Waals surface area contributed by atoms with Gasteiger partial charge in [0, 0.05) is 34.6 Å². The summed E-state index contributed by atoms with van der Waals surface area (Å²) in [5, 5.41) is 3.68. The van der Waals surface area contributed by atoms with E-state index in [4.69, 9.17) is 23.2 Å². The molecule has 246 valence electrons. The SMILES string of the molecule is Cc1ccc(S(=O)(=O)N(CC(=O)N(Cc2c(Cl)cccc2Cl)C(Cc2ccccc2)C(=O)NC2CCCC2)c2ccccc2F)cc1. The zero-order valence-corrected chi connectivity index (χ0v) is 28.2. The summed E-state index contributed by atoms with van der Waals surface area (Å²) in [6.07, 6.45) is 3.76. The molecule has 1 aliphatic carbocycles. The maximum Gasteiger partial charge on any atom is 0.264 e. The lowest BCUT2D eigenvalue weighted by Gasteiger charge is -2.34. The van der Waals surface area contributed by atoms with Gasteiger partial charge in [0.2, 0.25) is 11.8 Å². The van der Waals surface area contributed by atoms with E-state index in [1.807, 2.05) is 37.3 Å². The van der Waals surface area contributed by atoms with Gasteiger partial charge in [0.05, 0.1) is 10.6 Å². The summed E-state index contributed by atoms with van der Waals surface area (Å²) < 4.78 is 44.3. The summed E-state index contributed by atoms with van der Waals surface area (Å²) in [5.74, 6) is -1.94. The van der Waals surface area contributed by atoms with Crippen LogP contribution >= 0.6 is 23.2 Å². The Labute approximate surface area is 285 Å². The molecule has 1 saturated carbocycles. The van der Waals surface area contributed by atoms with E-state index in [9.17, 15) is 18.0 Å². The molecule has 1 aliphatic rings. The van der Waals surface area contributed by atoms with Gasteiger partial charge in [-0.2, -0.15) is 0 Å². The zero-order chi connectivity index (χ0) is 33.6. The molecule has 0 radical (unpaired) electrons. The fraction of sp³-hybridized carbons (Fsp3) is 0.278. The molecule has 0 spiro atoms. The van der Waals surface area contributed by atoms with E-state index < -0.39 is 34.3 Å². The number of aryl methyl sites for hydroxylation is 1. The van der Waals surface area contributed by atoms with Gasteiger partial charge in [0.25, 0.3) is 10.0 Å². The molecule has 1 fully saturated rings. The van der Waals surface area contributed by atoms with Gasteiger partial charge < -0.3 is 10.2 Å². The van der Waals surface area contributed by atoms with E-state index in [0.717, 1.165) is 47.2 Å². The van der Waals surface area contributed by atoms with Crippen LogP contribution in [0.5, 0.6) is 0 Å². The third-order valence-electron chi connectivity index (χ3n) is 8.37. The molecule has 4 aromatic rings. The van der Waals surface area contributed by atoms with Crippen LogP contribution in [0.25, 0.3) is 0 Å². The number of nitrogens with one attached hydrogen (secondary N) is 1. The van der Waals surface area contributed by atoms with E-state index in [1.54, 1.807) is 30.3 Å². The molecule has 4 aromatic carbocycles. The van der Waals surface area contributed by atoms with Crippen LogP contribution in [-0.2, 0) is 32.6 Å². The molecule has 0 saturated heterocycles. The Morgan fingerprint density at radius 1 is 0.872 bits per heavy atom. The van der Waals surface area contributed by atoms with Crippen molar-refractivity contribution in [2.24, 2.45) is 0 Å². The highest BCUT2D eigenvalue weighted by Crippen LogP contribution is 2.30. The molecular formula is C36H36Cl2FN3O4S. The summed E-state index contributed by atoms with van der Waals surface area (Å²) >= 11 is 13.1. The van der Waals surface area contributed by atoms with E-state index in [-0.39, 0.29) is 45.5 Å². The van der Waals surface area contributed by atoms with Crippen LogP contribution in [0.15, 0.2) is 102 Å². The smallest absolute Gasteiger partial charge is 0.264 e. The lowest BCUT2D eigenvalue weighted by Crippen LogP contribution is -2.54. The van der Waals surface area contributed by atoms with Crippen molar-refractivity contribution in [2.45, 2.75) is 62.6 Å². The number of carbonyl (C=O) groups excluding carboxylic acids is 2. The number of anilines is 1. The van der Waals surface area contributed by atoms with Crippen LogP contribution < -0.4 is 9.62 Å². The van der Waals surface area contributed by atoms with Crippen molar-refractivity contribution in [3.63, 3.8) is 0 Å². The third-order valence-corrected chi connectivity index (χ3v) is 10.9. The second-order valence-corrected chi connectivity index (χ2v) is 14.4. The van der Waals surface area contributed by atoms with Crippen LogP contribution in [-0.4, -0.2) is 43.8 Å². The van der Waals surface area contributed by atoms with Gasteiger partial charge in [-0.1, -0.05) is 102 Å². The van der Waals surface area contributed by atoms with Gasteiger partial charge in [-0.3, -0.25) is 13.9 Å². The number of para-hydroxylation sites is 1. The molecule has 11 heteroatoms. The molecule has 7 nitrogen and oxygen atoms in total. The number of hydrogen-bond donors (Lipinski definition) is 1. The topological polar surface area (TPSA) is 86.8 Å². The zero-order valence-electron chi connectivity index (χ0n) is 25.9. The van der Waals surface area contributed by atoms with Gasteiger partial charge >= 0.3 is 0 Å². The quantitative estimate of drug-likeness (QED) is 0.168. The fourth-order valence-corrected chi connectivity index (χ4v) is 7.72. The summed E-state index contributed by atoms with van der Waals surface area (Å²) in [7, 11) is -4.44. The number of rotatable bonds is 12. The van der Waals surface area contributed by atoms with Crippen LogP contribution in [0.1, 0.15) is 42.4 Å². The molecule has 0 aliphatic heterocycles. The fourth-order valence-electron chi connectivity index (χ4n) is 5.78. The first kappa shape index (κ1) is 34.4. The average molecular weight is 697 g/mol. The van der Waals surface area contributed by atoms with Crippen LogP contribution in [0.3, 0.4) is 0 Å². The molecule has 0 heterocycles. The second kappa shape index (κ2) is 15.3. The minimum Gasteiger partial charge on any atom is -0.352 e. The molecular weight excluding hydrogens is 660 g/mol. The molecule has 1 atom stereocenters. The third kappa shape index (κ3) is 8.33. The minimum atomic E-state index is -4.44. The first-order valence-electron chi connectivity index (χ1n) is 15.4. The van der Waals surface area contributed by atoms with Gasteiger partial charge in [-0.25, -0.2) is 12.8 Å². The van der Waals surface area contributed by atoms with E-state index in [1.165, 1.54) is 35.2 Å². The van der Waals surface area contributed by atoms with E-state index >= 15 is 4.39 Å². The van der Waals surface area contributed by atoms with Crippen LogP contribution in [0, 0.1) is 12.7 Å². The maximum absolute atomic E-state index is 15.3. The standard InChI is InChI=1S/C36H36Cl2FN3O4S/c1-25-18-20-28(21-19-25)47(45,46)42(33-17-8-7-16-32(33)39)24-35(43)41(23-29-30(37)14-9-15-31(29)38)34(22-26-10-3-2-4-11-26)36(44)40-27-12-5-6-13-27/h2-4,7-11,14-21,27,34H,5-6,12-13,22-24H2,1H3,(H,40,44). The van der Waals surface area contributed by atoms with Gasteiger partial charge in [-0.15, -0.1) is 0 Å². The molecule has 47 heavy (non-hydrogen) atoms. The molecule has 1 unspecified atom stereocenters. The van der Waals surface area contributed by atoms with Crippen molar-refractivity contribution in [2.75, 3.05) is 10.8 Å². The number of sulfonamides is 1. The Balaban J connectivity index is 1.60. The largest absolute Gasteiger partial charge is 0.352 e. The van der Waals surface area contributed by atoms with Gasteiger partial charge in [0.1, 0.15) is 18.4 Å². The lowest BCUT2D eigenvalue weighted by atomic mass is 10.0. The molecule has 0 aromatic heterocycles. The first-order chi connectivity index (χ1) is 22.5. The Hall–Kier alpha value is -3.92. The molecule has 5 rings (SSSR count). The Kier molecular flexibility index (Phi) is 11.2. The molecule has 2 amide bonds. The first-order valence-corrected chi connectivity index (χ1v) is 17.6. The van der Waals surface area contributed by atoms with E-state index in [2.05, 4.69) is 5.32 Å². The van der Waals surface area contributed by atoms with Crippen molar-refractivity contribution in [1.82, 2.24) is 10.2 Å². The highest BCUT2D eigenvalue weighted by Gasteiger charge is 2.36. The van der Waals surface area contributed by atoms with E-state index in [0.29, 0.717) is 5.56 Å². The predicted octanol–water partition coefficient (Wildman–Crippen LogP) is 7.34. The number of hydrogen-bond acceptors (Lipinski definition) is 4. The monoisotopic (exact) mass is 695 g/mol. The highest BCUT2D eigenvalue weighted by atomic mass is 35.5. The van der Waals surface area contributed by atoms with Crippen molar-refractivity contribution in [1.29, 1.82) is 0 Å². The van der Waals surface area contributed by atoms with Crippen molar-refractivity contribution in [3.05, 3.63) is 130 Å². The summed E-state index contributed by atoms with van der Waals surface area (Å²) in [4.78, 5) is 29.9. The Morgan fingerprint density at radius 3 is 2.13 bits per heavy atom.